The fraction of sp³-hybridized carbons (Fsp3) is 0.312. The van der Waals surface area contributed by atoms with Gasteiger partial charge >= 0.3 is 6.03 Å². The van der Waals surface area contributed by atoms with Crippen LogP contribution in [0.15, 0.2) is 36.7 Å². The minimum Gasteiger partial charge on any atom is -0.384 e. The summed E-state index contributed by atoms with van der Waals surface area (Å²) in [5.74, 6) is 0.526. The highest BCUT2D eigenvalue weighted by molar-refractivity contribution is 5.88. The van der Waals surface area contributed by atoms with Crippen LogP contribution in [0, 0.1) is 5.82 Å². The second-order valence-corrected chi connectivity index (χ2v) is 5.75. The van der Waals surface area contributed by atoms with Gasteiger partial charge in [0.05, 0.1) is 6.54 Å². The van der Waals surface area contributed by atoms with E-state index in [0.717, 1.165) is 0 Å². The normalized spacial score (nSPS) is 13.0. The zero-order valence-electron chi connectivity index (χ0n) is 13.7. The number of anilines is 2. The fourth-order valence-electron chi connectivity index (χ4n) is 2.00. The molecule has 1 heterocycles. The maximum Gasteiger partial charge on any atom is 0.320 e. The number of amides is 2. The molecule has 8 heteroatoms. The van der Waals surface area contributed by atoms with E-state index in [9.17, 15) is 14.3 Å². The average molecular weight is 333 g/mol. The number of halogens is 1. The van der Waals surface area contributed by atoms with Gasteiger partial charge in [-0.1, -0.05) is 12.1 Å². The third-order valence-electron chi connectivity index (χ3n) is 3.39. The van der Waals surface area contributed by atoms with Crippen LogP contribution in [0.3, 0.4) is 0 Å². The molecule has 1 aromatic carbocycles. The van der Waals surface area contributed by atoms with Crippen molar-refractivity contribution in [1.82, 2.24) is 15.3 Å². The maximum absolute atomic E-state index is 13.3. The van der Waals surface area contributed by atoms with Gasteiger partial charge in [-0.3, -0.25) is 5.32 Å². The molecule has 0 aliphatic carbocycles. The second kappa shape index (κ2) is 7.22. The lowest BCUT2D eigenvalue weighted by Crippen LogP contribution is -2.40. The van der Waals surface area contributed by atoms with Gasteiger partial charge in [0.15, 0.2) is 0 Å². The van der Waals surface area contributed by atoms with Crippen LogP contribution in [0.5, 0.6) is 0 Å². The molecule has 0 saturated heterocycles. The first kappa shape index (κ1) is 17.6. The van der Waals surface area contributed by atoms with E-state index in [1.54, 1.807) is 17.0 Å². The van der Waals surface area contributed by atoms with Gasteiger partial charge in [0, 0.05) is 20.2 Å². The number of benzene rings is 1. The topological polar surface area (TPSA) is 90.4 Å². The lowest BCUT2D eigenvalue weighted by molar-refractivity contribution is 0.0596. The summed E-state index contributed by atoms with van der Waals surface area (Å²) in [6.07, 6.45) is 1.34. The van der Waals surface area contributed by atoms with E-state index in [4.69, 9.17) is 0 Å². The van der Waals surface area contributed by atoms with Crippen LogP contribution in [0.25, 0.3) is 0 Å². The zero-order chi connectivity index (χ0) is 17.7. The first-order valence-electron chi connectivity index (χ1n) is 7.30. The first-order valence-corrected chi connectivity index (χ1v) is 7.30. The largest absolute Gasteiger partial charge is 0.384 e. The number of aromatic nitrogens is 2. The molecule has 3 N–H and O–H groups in total. The molecule has 2 aromatic rings. The van der Waals surface area contributed by atoms with E-state index in [0.29, 0.717) is 17.2 Å². The van der Waals surface area contributed by atoms with Crippen molar-refractivity contribution in [1.29, 1.82) is 0 Å². The van der Waals surface area contributed by atoms with E-state index < -0.39 is 17.4 Å². The van der Waals surface area contributed by atoms with E-state index in [2.05, 4.69) is 20.6 Å². The molecule has 0 aliphatic heterocycles. The number of nitrogens with zero attached hydrogens (tertiary/aromatic N) is 3. The third kappa shape index (κ3) is 4.63. The van der Waals surface area contributed by atoms with Crippen molar-refractivity contribution in [3.63, 3.8) is 0 Å². The molecular weight excluding hydrogens is 313 g/mol. The summed E-state index contributed by atoms with van der Waals surface area (Å²) in [4.78, 5) is 21.7. The van der Waals surface area contributed by atoms with Crippen molar-refractivity contribution in [2.24, 2.45) is 0 Å². The number of urea groups is 1. The highest BCUT2D eigenvalue weighted by Crippen LogP contribution is 2.20. The number of rotatable bonds is 5. The van der Waals surface area contributed by atoms with E-state index in [-0.39, 0.29) is 6.54 Å². The number of hydrogen-bond acceptors (Lipinski definition) is 5. The van der Waals surface area contributed by atoms with Crippen molar-refractivity contribution in [2.45, 2.75) is 12.5 Å². The van der Waals surface area contributed by atoms with Crippen LogP contribution in [0.4, 0.5) is 20.8 Å². The SMILES string of the molecule is CN(C)c1cc(NC(=O)NCC(C)(O)c2cccc(F)c2)ncn1. The highest BCUT2D eigenvalue weighted by Gasteiger charge is 2.24. The number of carbonyl (C=O) groups is 1. The highest BCUT2D eigenvalue weighted by atomic mass is 19.1. The molecular formula is C16H20FN5O2. The lowest BCUT2D eigenvalue weighted by atomic mass is 9.96. The van der Waals surface area contributed by atoms with E-state index in [1.807, 2.05) is 14.1 Å². The van der Waals surface area contributed by atoms with Crippen LogP contribution in [0.2, 0.25) is 0 Å². The molecule has 2 rings (SSSR count). The minimum atomic E-state index is -1.40. The molecule has 0 saturated carbocycles. The summed E-state index contributed by atoms with van der Waals surface area (Å²) in [6.45, 7) is 1.41. The summed E-state index contributed by atoms with van der Waals surface area (Å²) in [6, 6.07) is 6.70. The molecule has 0 fully saturated rings. The summed E-state index contributed by atoms with van der Waals surface area (Å²) in [5, 5.41) is 15.5. The number of aliphatic hydroxyl groups is 1. The monoisotopic (exact) mass is 333 g/mol. The molecule has 24 heavy (non-hydrogen) atoms. The fourth-order valence-corrected chi connectivity index (χ4v) is 2.00. The lowest BCUT2D eigenvalue weighted by Gasteiger charge is -2.24. The van der Waals surface area contributed by atoms with Crippen molar-refractivity contribution >= 4 is 17.7 Å². The second-order valence-electron chi connectivity index (χ2n) is 5.75. The number of nitrogens with one attached hydrogen (secondary N) is 2. The summed E-state index contributed by atoms with van der Waals surface area (Å²) in [5.41, 5.74) is -1.03. The summed E-state index contributed by atoms with van der Waals surface area (Å²) < 4.78 is 13.3. The number of hydrogen-bond donors (Lipinski definition) is 3. The van der Waals surface area contributed by atoms with Gasteiger partial charge in [0.2, 0.25) is 0 Å². The van der Waals surface area contributed by atoms with Gasteiger partial charge in [-0.15, -0.1) is 0 Å². The average Bonchev–Trinajstić information content (AvgIpc) is 2.53. The zero-order valence-corrected chi connectivity index (χ0v) is 13.7. The van der Waals surface area contributed by atoms with Crippen LogP contribution in [-0.2, 0) is 5.60 Å². The minimum absolute atomic E-state index is 0.0894. The Balaban J connectivity index is 1.96. The molecule has 0 spiro atoms. The van der Waals surface area contributed by atoms with Gasteiger partial charge in [-0.05, 0) is 24.6 Å². The van der Waals surface area contributed by atoms with Crippen molar-refractivity contribution in [3.05, 3.63) is 48.0 Å². The standard InChI is InChI=1S/C16H20FN5O2/c1-16(24,11-5-4-6-12(17)7-11)9-18-15(23)21-13-8-14(22(2)3)20-10-19-13/h4-8,10,24H,9H2,1-3H3,(H2,18,19,20,21,23). The van der Waals surface area contributed by atoms with Crippen molar-refractivity contribution in [3.8, 4) is 0 Å². The quantitative estimate of drug-likeness (QED) is 0.775. The number of carbonyl (C=O) groups excluding carboxylic acids is 1. The smallest absolute Gasteiger partial charge is 0.320 e. The molecule has 128 valence electrons. The Bertz CT molecular complexity index is 721. The Labute approximate surface area is 139 Å². The first-order chi connectivity index (χ1) is 11.3. The Morgan fingerprint density at radius 1 is 1.33 bits per heavy atom. The Morgan fingerprint density at radius 3 is 2.75 bits per heavy atom. The van der Waals surface area contributed by atoms with Gasteiger partial charge < -0.3 is 15.3 Å². The summed E-state index contributed by atoms with van der Waals surface area (Å²) >= 11 is 0. The van der Waals surface area contributed by atoms with Gasteiger partial charge in [0.1, 0.15) is 29.4 Å². The van der Waals surface area contributed by atoms with E-state index >= 15 is 0 Å². The van der Waals surface area contributed by atoms with E-state index in [1.165, 1.54) is 31.5 Å². The molecule has 2 amide bonds. The van der Waals surface area contributed by atoms with Gasteiger partial charge in [-0.25, -0.2) is 19.2 Å². The molecule has 7 nitrogen and oxygen atoms in total. The third-order valence-corrected chi connectivity index (χ3v) is 3.39. The maximum atomic E-state index is 13.3. The van der Waals surface area contributed by atoms with Crippen molar-refractivity contribution in [2.75, 3.05) is 30.9 Å². The van der Waals surface area contributed by atoms with Crippen LogP contribution in [0.1, 0.15) is 12.5 Å². The van der Waals surface area contributed by atoms with Crippen LogP contribution >= 0.6 is 0 Å². The predicted molar refractivity (Wildman–Crippen MR) is 89.4 cm³/mol. The van der Waals surface area contributed by atoms with Gasteiger partial charge in [0.25, 0.3) is 0 Å². The Kier molecular flexibility index (Phi) is 5.30. The molecule has 0 bridgehead atoms. The summed E-state index contributed by atoms with van der Waals surface area (Å²) in [7, 11) is 3.64. The Hall–Kier alpha value is -2.74. The molecule has 1 atom stereocenters. The Morgan fingerprint density at radius 2 is 2.08 bits per heavy atom. The molecule has 1 aromatic heterocycles. The molecule has 0 aliphatic rings. The van der Waals surface area contributed by atoms with Crippen molar-refractivity contribution < 1.29 is 14.3 Å². The van der Waals surface area contributed by atoms with Gasteiger partial charge in [-0.2, -0.15) is 0 Å². The molecule has 0 radical (unpaired) electrons. The molecule has 1 unspecified atom stereocenters. The van der Waals surface area contributed by atoms with Crippen LogP contribution < -0.4 is 15.5 Å². The van der Waals surface area contributed by atoms with Crippen LogP contribution in [-0.4, -0.2) is 41.7 Å². The predicted octanol–water partition coefficient (Wildman–Crippen LogP) is 1.71.